The van der Waals surface area contributed by atoms with Gasteiger partial charge in [0.25, 0.3) is 0 Å². The summed E-state index contributed by atoms with van der Waals surface area (Å²) >= 11 is 0. The van der Waals surface area contributed by atoms with Gasteiger partial charge in [-0.15, -0.1) is 0 Å². The molecule has 1 N–H and O–H groups in total. The Morgan fingerprint density at radius 3 is 3.17 bits per heavy atom. The molecule has 2 rings (SSSR count). The molecule has 62 valence electrons. The molecule has 0 atom stereocenters. The fraction of sp³-hybridized carbons (Fsp3) is 0.300. The van der Waals surface area contributed by atoms with Crippen LogP contribution in [0.2, 0.25) is 0 Å². The fourth-order valence-electron chi connectivity index (χ4n) is 1.51. The lowest BCUT2D eigenvalue weighted by Gasteiger charge is -1.98. The molecular formula is C10H12N2. The molecule has 2 aromatic rings. The number of hydrogen-bond donors (Lipinski definition) is 1. The topological polar surface area (TPSA) is 28.7 Å². The van der Waals surface area contributed by atoms with E-state index in [4.69, 9.17) is 0 Å². The maximum atomic E-state index is 4.23. The average molecular weight is 160 g/mol. The molecule has 0 aliphatic rings. The summed E-state index contributed by atoms with van der Waals surface area (Å²) in [4.78, 5) is 7.34. The quantitative estimate of drug-likeness (QED) is 0.718. The van der Waals surface area contributed by atoms with Crippen LogP contribution in [0.15, 0.2) is 24.5 Å². The van der Waals surface area contributed by atoms with Crippen molar-refractivity contribution in [1.29, 1.82) is 0 Å². The summed E-state index contributed by atoms with van der Waals surface area (Å²) in [5.74, 6) is 0. The van der Waals surface area contributed by atoms with Gasteiger partial charge in [0, 0.05) is 17.8 Å². The highest BCUT2D eigenvalue weighted by Crippen LogP contribution is 2.15. The van der Waals surface area contributed by atoms with Gasteiger partial charge in [0.1, 0.15) is 5.65 Å². The first kappa shape index (κ1) is 7.35. The Kier molecular flexibility index (Phi) is 1.82. The van der Waals surface area contributed by atoms with Crippen molar-refractivity contribution in [3.63, 3.8) is 0 Å². The number of hydrogen-bond acceptors (Lipinski definition) is 1. The SMILES string of the molecule is CCCc1ccnc2[nH]ccc12. The van der Waals surface area contributed by atoms with Gasteiger partial charge in [0.15, 0.2) is 0 Å². The van der Waals surface area contributed by atoms with Crippen LogP contribution >= 0.6 is 0 Å². The van der Waals surface area contributed by atoms with Gasteiger partial charge in [-0.1, -0.05) is 13.3 Å². The van der Waals surface area contributed by atoms with Crippen LogP contribution in [-0.2, 0) is 6.42 Å². The average Bonchev–Trinajstić information content (AvgIpc) is 2.53. The molecule has 0 aliphatic heterocycles. The smallest absolute Gasteiger partial charge is 0.137 e. The molecule has 2 heteroatoms. The lowest BCUT2D eigenvalue weighted by molar-refractivity contribution is 0.928. The number of H-pyrrole nitrogens is 1. The lowest BCUT2D eigenvalue weighted by Crippen LogP contribution is -1.85. The Morgan fingerprint density at radius 2 is 2.33 bits per heavy atom. The summed E-state index contributed by atoms with van der Waals surface area (Å²) in [7, 11) is 0. The molecule has 0 amide bonds. The summed E-state index contributed by atoms with van der Waals surface area (Å²) in [6, 6.07) is 4.19. The van der Waals surface area contributed by atoms with Gasteiger partial charge in [-0.2, -0.15) is 0 Å². The van der Waals surface area contributed by atoms with Crippen molar-refractivity contribution in [3.05, 3.63) is 30.1 Å². The number of aromatic amines is 1. The van der Waals surface area contributed by atoms with E-state index in [2.05, 4.69) is 29.0 Å². The van der Waals surface area contributed by atoms with E-state index < -0.39 is 0 Å². The number of aromatic nitrogens is 2. The van der Waals surface area contributed by atoms with E-state index in [-0.39, 0.29) is 0 Å². The number of fused-ring (bicyclic) bond motifs is 1. The molecule has 0 aliphatic carbocycles. The highest BCUT2D eigenvalue weighted by atomic mass is 14.8. The van der Waals surface area contributed by atoms with Crippen LogP contribution in [0.4, 0.5) is 0 Å². The molecule has 0 fully saturated rings. The van der Waals surface area contributed by atoms with Crippen molar-refractivity contribution in [1.82, 2.24) is 9.97 Å². The molecule has 0 saturated heterocycles. The highest BCUT2D eigenvalue weighted by molar-refractivity contribution is 5.79. The zero-order valence-electron chi connectivity index (χ0n) is 7.17. The maximum Gasteiger partial charge on any atom is 0.137 e. The van der Waals surface area contributed by atoms with Crippen molar-refractivity contribution >= 4 is 11.0 Å². The summed E-state index contributed by atoms with van der Waals surface area (Å²) in [6.07, 6.45) is 6.13. The number of pyridine rings is 1. The van der Waals surface area contributed by atoms with E-state index in [0.29, 0.717) is 0 Å². The largest absolute Gasteiger partial charge is 0.346 e. The first-order valence-corrected chi connectivity index (χ1v) is 4.33. The minimum atomic E-state index is 1.00. The zero-order chi connectivity index (χ0) is 8.39. The Bertz CT molecular complexity index is 376. The van der Waals surface area contributed by atoms with E-state index in [0.717, 1.165) is 12.1 Å². The Labute approximate surface area is 71.6 Å². The molecule has 0 aromatic carbocycles. The van der Waals surface area contributed by atoms with E-state index in [1.807, 2.05) is 12.4 Å². The normalized spacial score (nSPS) is 10.8. The Balaban J connectivity index is 2.57. The predicted octanol–water partition coefficient (Wildman–Crippen LogP) is 2.52. The van der Waals surface area contributed by atoms with Gasteiger partial charge in [-0.05, 0) is 24.1 Å². The van der Waals surface area contributed by atoms with Crippen LogP contribution in [0.3, 0.4) is 0 Å². The fourth-order valence-corrected chi connectivity index (χ4v) is 1.51. The van der Waals surface area contributed by atoms with Gasteiger partial charge < -0.3 is 4.98 Å². The van der Waals surface area contributed by atoms with Crippen molar-refractivity contribution in [3.8, 4) is 0 Å². The molecule has 0 saturated carbocycles. The minimum absolute atomic E-state index is 1.00. The van der Waals surface area contributed by atoms with Gasteiger partial charge in [-0.25, -0.2) is 4.98 Å². The third-order valence-electron chi connectivity index (χ3n) is 2.07. The Hall–Kier alpha value is -1.31. The summed E-state index contributed by atoms with van der Waals surface area (Å²) < 4.78 is 0. The third-order valence-corrected chi connectivity index (χ3v) is 2.07. The number of nitrogens with one attached hydrogen (secondary N) is 1. The predicted molar refractivity (Wildman–Crippen MR) is 50.1 cm³/mol. The zero-order valence-corrected chi connectivity index (χ0v) is 7.17. The third kappa shape index (κ3) is 1.09. The molecule has 2 nitrogen and oxygen atoms in total. The summed E-state index contributed by atoms with van der Waals surface area (Å²) in [5, 5.41) is 1.26. The summed E-state index contributed by atoms with van der Waals surface area (Å²) in [6.45, 7) is 2.19. The van der Waals surface area contributed by atoms with E-state index in [1.165, 1.54) is 17.4 Å². The van der Waals surface area contributed by atoms with Crippen LogP contribution in [0.1, 0.15) is 18.9 Å². The molecule has 0 unspecified atom stereocenters. The first-order chi connectivity index (χ1) is 5.92. The molecule has 0 spiro atoms. The van der Waals surface area contributed by atoms with E-state index in [9.17, 15) is 0 Å². The van der Waals surface area contributed by atoms with Gasteiger partial charge in [-0.3, -0.25) is 0 Å². The van der Waals surface area contributed by atoms with Crippen LogP contribution in [0.25, 0.3) is 11.0 Å². The summed E-state index contributed by atoms with van der Waals surface area (Å²) in [5.41, 5.74) is 2.39. The van der Waals surface area contributed by atoms with Crippen LogP contribution in [0, 0.1) is 0 Å². The molecular weight excluding hydrogens is 148 g/mol. The number of aryl methyl sites for hydroxylation is 1. The van der Waals surface area contributed by atoms with Crippen molar-refractivity contribution in [2.75, 3.05) is 0 Å². The lowest BCUT2D eigenvalue weighted by atomic mass is 10.1. The maximum absolute atomic E-state index is 4.23. The molecule has 2 aromatic heterocycles. The first-order valence-electron chi connectivity index (χ1n) is 4.33. The molecule has 12 heavy (non-hydrogen) atoms. The highest BCUT2D eigenvalue weighted by Gasteiger charge is 1.99. The number of nitrogens with zero attached hydrogens (tertiary/aromatic N) is 1. The van der Waals surface area contributed by atoms with Gasteiger partial charge in [0.05, 0.1) is 0 Å². The standard InChI is InChI=1S/C10H12N2/c1-2-3-8-4-6-11-10-9(8)5-7-12-10/h4-7H,2-3H2,1H3,(H,11,12). The van der Waals surface area contributed by atoms with E-state index in [1.54, 1.807) is 0 Å². The molecule has 0 radical (unpaired) electrons. The minimum Gasteiger partial charge on any atom is -0.346 e. The van der Waals surface area contributed by atoms with Gasteiger partial charge in [0.2, 0.25) is 0 Å². The van der Waals surface area contributed by atoms with Crippen molar-refractivity contribution in [2.45, 2.75) is 19.8 Å². The monoisotopic (exact) mass is 160 g/mol. The van der Waals surface area contributed by atoms with Crippen molar-refractivity contribution in [2.24, 2.45) is 0 Å². The van der Waals surface area contributed by atoms with Crippen LogP contribution < -0.4 is 0 Å². The van der Waals surface area contributed by atoms with Crippen LogP contribution in [0.5, 0.6) is 0 Å². The second-order valence-corrected chi connectivity index (χ2v) is 2.96. The van der Waals surface area contributed by atoms with E-state index >= 15 is 0 Å². The molecule has 0 bridgehead atoms. The second kappa shape index (κ2) is 2.97. The molecule has 2 heterocycles. The van der Waals surface area contributed by atoms with Gasteiger partial charge >= 0.3 is 0 Å². The number of rotatable bonds is 2. The van der Waals surface area contributed by atoms with Crippen molar-refractivity contribution < 1.29 is 0 Å². The van der Waals surface area contributed by atoms with Crippen LogP contribution in [-0.4, -0.2) is 9.97 Å². The Morgan fingerprint density at radius 1 is 1.42 bits per heavy atom. The second-order valence-electron chi connectivity index (χ2n) is 2.96.